The van der Waals surface area contributed by atoms with Crippen molar-refractivity contribution in [3.05, 3.63) is 76.9 Å². The molecule has 128 valence electrons. The molecule has 0 atom stereocenters. The quantitative estimate of drug-likeness (QED) is 0.514. The van der Waals surface area contributed by atoms with Gasteiger partial charge in [0.1, 0.15) is 11.6 Å². The van der Waals surface area contributed by atoms with Gasteiger partial charge in [-0.25, -0.2) is 15.0 Å². The summed E-state index contributed by atoms with van der Waals surface area (Å²) in [6.45, 7) is 3.93. The van der Waals surface area contributed by atoms with Gasteiger partial charge in [-0.1, -0.05) is 42.5 Å². The predicted octanol–water partition coefficient (Wildman–Crippen LogP) is 5.63. The number of nitrogens with zero attached hydrogens (tertiary/aromatic N) is 3. The summed E-state index contributed by atoms with van der Waals surface area (Å²) in [6.07, 6.45) is 0. The molecule has 0 radical (unpaired) electrons. The molecule has 0 saturated carbocycles. The van der Waals surface area contributed by atoms with Crippen LogP contribution in [0.15, 0.2) is 66.0 Å². The first-order valence-corrected chi connectivity index (χ1v) is 9.26. The summed E-state index contributed by atoms with van der Waals surface area (Å²) in [5.41, 5.74) is 5.11. The number of aromatic nitrogens is 3. The molecule has 2 aromatic heterocycles. The number of anilines is 2. The Kier molecular flexibility index (Phi) is 4.46. The number of thiazole rings is 1. The predicted molar refractivity (Wildman–Crippen MR) is 108 cm³/mol. The largest absolute Gasteiger partial charge is 0.340 e. The summed E-state index contributed by atoms with van der Waals surface area (Å²) < 4.78 is 0. The number of benzene rings is 2. The minimum Gasteiger partial charge on any atom is -0.340 e. The van der Waals surface area contributed by atoms with E-state index in [9.17, 15) is 0 Å². The SMILES string of the molecule is Cc1nc(Nc2ccc(-c3csc(C)n3)cc2)cc(-c2ccccc2)n1. The van der Waals surface area contributed by atoms with Crippen LogP contribution in [0.3, 0.4) is 0 Å². The van der Waals surface area contributed by atoms with Crippen molar-refractivity contribution in [3.8, 4) is 22.5 Å². The van der Waals surface area contributed by atoms with E-state index in [0.29, 0.717) is 0 Å². The molecule has 0 aliphatic rings. The van der Waals surface area contributed by atoms with Crippen LogP contribution in [-0.2, 0) is 0 Å². The molecule has 1 N–H and O–H groups in total. The van der Waals surface area contributed by atoms with Gasteiger partial charge in [0.05, 0.1) is 16.4 Å². The first-order chi connectivity index (χ1) is 12.7. The minimum atomic E-state index is 0.739. The van der Waals surface area contributed by atoms with Crippen molar-refractivity contribution in [2.45, 2.75) is 13.8 Å². The van der Waals surface area contributed by atoms with Crippen molar-refractivity contribution in [2.75, 3.05) is 5.32 Å². The minimum absolute atomic E-state index is 0.739. The fourth-order valence-corrected chi connectivity index (χ4v) is 3.38. The third-order valence-corrected chi connectivity index (χ3v) is 4.75. The third kappa shape index (κ3) is 3.63. The summed E-state index contributed by atoms with van der Waals surface area (Å²) in [5, 5.41) is 6.53. The second kappa shape index (κ2) is 7.06. The molecular formula is C21H18N4S. The monoisotopic (exact) mass is 358 g/mol. The average molecular weight is 358 g/mol. The summed E-state index contributed by atoms with van der Waals surface area (Å²) in [5.74, 6) is 1.53. The van der Waals surface area contributed by atoms with Gasteiger partial charge in [0.2, 0.25) is 0 Å². The van der Waals surface area contributed by atoms with E-state index in [1.165, 1.54) is 0 Å². The summed E-state index contributed by atoms with van der Waals surface area (Å²) in [4.78, 5) is 13.6. The lowest BCUT2D eigenvalue weighted by Crippen LogP contribution is -1.99. The molecule has 2 aromatic carbocycles. The van der Waals surface area contributed by atoms with Crippen molar-refractivity contribution < 1.29 is 0 Å². The molecule has 0 fully saturated rings. The van der Waals surface area contributed by atoms with Gasteiger partial charge in [0, 0.05) is 28.3 Å². The Balaban J connectivity index is 1.58. The van der Waals surface area contributed by atoms with Gasteiger partial charge in [-0.15, -0.1) is 11.3 Å². The highest BCUT2D eigenvalue weighted by Crippen LogP contribution is 2.25. The highest BCUT2D eigenvalue weighted by atomic mass is 32.1. The first kappa shape index (κ1) is 16.4. The van der Waals surface area contributed by atoms with Gasteiger partial charge < -0.3 is 5.32 Å². The van der Waals surface area contributed by atoms with E-state index in [-0.39, 0.29) is 0 Å². The lowest BCUT2D eigenvalue weighted by atomic mass is 10.1. The van der Waals surface area contributed by atoms with E-state index in [2.05, 4.69) is 49.9 Å². The lowest BCUT2D eigenvalue weighted by molar-refractivity contribution is 1.06. The number of hydrogen-bond donors (Lipinski definition) is 1. The fourth-order valence-electron chi connectivity index (χ4n) is 2.76. The summed E-state index contributed by atoms with van der Waals surface area (Å²) >= 11 is 1.66. The van der Waals surface area contributed by atoms with Crippen LogP contribution in [0.5, 0.6) is 0 Å². The van der Waals surface area contributed by atoms with Crippen LogP contribution in [0, 0.1) is 13.8 Å². The van der Waals surface area contributed by atoms with E-state index in [0.717, 1.165) is 44.9 Å². The van der Waals surface area contributed by atoms with Crippen molar-refractivity contribution >= 4 is 22.8 Å². The van der Waals surface area contributed by atoms with Crippen molar-refractivity contribution in [3.63, 3.8) is 0 Å². The zero-order chi connectivity index (χ0) is 17.9. The van der Waals surface area contributed by atoms with Gasteiger partial charge >= 0.3 is 0 Å². The molecule has 0 amide bonds. The number of nitrogens with one attached hydrogen (secondary N) is 1. The fraction of sp³-hybridized carbons (Fsp3) is 0.0952. The highest BCUT2D eigenvalue weighted by Gasteiger charge is 2.06. The smallest absolute Gasteiger partial charge is 0.134 e. The molecule has 0 bridgehead atoms. The highest BCUT2D eigenvalue weighted by molar-refractivity contribution is 7.09. The van der Waals surface area contributed by atoms with Crippen LogP contribution < -0.4 is 5.32 Å². The maximum Gasteiger partial charge on any atom is 0.134 e. The van der Waals surface area contributed by atoms with Crippen LogP contribution in [0.2, 0.25) is 0 Å². The van der Waals surface area contributed by atoms with Crippen molar-refractivity contribution in [1.82, 2.24) is 15.0 Å². The molecule has 0 spiro atoms. The van der Waals surface area contributed by atoms with E-state index in [1.54, 1.807) is 11.3 Å². The van der Waals surface area contributed by atoms with Gasteiger partial charge in [0.15, 0.2) is 0 Å². The van der Waals surface area contributed by atoms with Gasteiger partial charge in [-0.05, 0) is 26.0 Å². The molecule has 5 heteroatoms. The molecule has 0 aliphatic carbocycles. The van der Waals surface area contributed by atoms with Gasteiger partial charge in [0.25, 0.3) is 0 Å². The van der Waals surface area contributed by atoms with E-state index < -0.39 is 0 Å². The van der Waals surface area contributed by atoms with E-state index >= 15 is 0 Å². The molecular weight excluding hydrogens is 340 g/mol. The molecule has 26 heavy (non-hydrogen) atoms. The molecule has 4 nitrogen and oxygen atoms in total. The van der Waals surface area contributed by atoms with Crippen LogP contribution >= 0.6 is 11.3 Å². The van der Waals surface area contributed by atoms with E-state index in [4.69, 9.17) is 0 Å². The Morgan fingerprint density at radius 2 is 1.50 bits per heavy atom. The zero-order valence-corrected chi connectivity index (χ0v) is 15.4. The normalized spacial score (nSPS) is 10.7. The molecule has 4 rings (SSSR count). The number of aryl methyl sites for hydroxylation is 2. The van der Waals surface area contributed by atoms with Crippen LogP contribution in [0.4, 0.5) is 11.5 Å². The molecule has 0 aliphatic heterocycles. The first-order valence-electron chi connectivity index (χ1n) is 8.38. The van der Waals surface area contributed by atoms with Crippen LogP contribution in [-0.4, -0.2) is 15.0 Å². The van der Waals surface area contributed by atoms with E-state index in [1.807, 2.05) is 50.2 Å². The molecule has 0 saturated heterocycles. The Labute approximate surface area is 156 Å². The zero-order valence-electron chi connectivity index (χ0n) is 14.6. The Bertz CT molecular complexity index is 1020. The standard InChI is InChI=1S/C21H18N4S/c1-14-22-19(16-6-4-3-5-7-16)12-21(23-14)25-18-10-8-17(9-11-18)20-13-26-15(2)24-20/h3-13H,1-2H3,(H,22,23,25). The molecule has 0 unspecified atom stereocenters. The Morgan fingerprint density at radius 3 is 2.19 bits per heavy atom. The third-order valence-electron chi connectivity index (χ3n) is 3.98. The maximum absolute atomic E-state index is 4.54. The van der Waals surface area contributed by atoms with Gasteiger partial charge in [-0.3, -0.25) is 0 Å². The average Bonchev–Trinajstić information content (AvgIpc) is 3.09. The second-order valence-electron chi connectivity index (χ2n) is 6.01. The maximum atomic E-state index is 4.54. The van der Waals surface area contributed by atoms with Crippen molar-refractivity contribution in [2.24, 2.45) is 0 Å². The summed E-state index contributed by atoms with van der Waals surface area (Å²) in [7, 11) is 0. The van der Waals surface area contributed by atoms with Gasteiger partial charge in [-0.2, -0.15) is 0 Å². The molecule has 2 heterocycles. The summed E-state index contributed by atoms with van der Waals surface area (Å²) in [6, 6.07) is 20.3. The van der Waals surface area contributed by atoms with Crippen LogP contribution in [0.1, 0.15) is 10.8 Å². The van der Waals surface area contributed by atoms with Crippen molar-refractivity contribution in [1.29, 1.82) is 0 Å². The molecule has 4 aromatic rings. The number of rotatable bonds is 4. The Morgan fingerprint density at radius 1 is 0.769 bits per heavy atom. The topological polar surface area (TPSA) is 50.7 Å². The number of hydrogen-bond acceptors (Lipinski definition) is 5. The Hall–Kier alpha value is -3.05. The second-order valence-corrected chi connectivity index (χ2v) is 7.07. The van der Waals surface area contributed by atoms with Crippen LogP contribution in [0.25, 0.3) is 22.5 Å². The lowest BCUT2D eigenvalue weighted by Gasteiger charge is -2.09.